The minimum absolute atomic E-state index is 0.00449. The van der Waals surface area contributed by atoms with Crippen molar-refractivity contribution >= 4 is 11.5 Å². The summed E-state index contributed by atoms with van der Waals surface area (Å²) in [7, 11) is 0. The largest absolute Gasteiger partial charge is 0.429 e. The smallest absolute Gasteiger partial charge is 0.321 e. The van der Waals surface area contributed by atoms with Crippen molar-refractivity contribution in [2.45, 2.75) is 33.1 Å². The lowest BCUT2D eigenvalue weighted by Gasteiger charge is -2.30. The number of cyclic esters (lactones) is 1. The summed E-state index contributed by atoms with van der Waals surface area (Å²) in [4.78, 5) is 11.4. The van der Waals surface area contributed by atoms with Crippen molar-refractivity contribution in [3.8, 4) is 0 Å². The van der Waals surface area contributed by atoms with Gasteiger partial charge in [-0.2, -0.15) is 0 Å². The first-order chi connectivity index (χ1) is 8.27. The van der Waals surface area contributed by atoms with Crippen LogP contribution in [-0.4, -0.2) is 5.97 Å². The molecular formula is C15H18O2. The summed E-state index contributed by atoms with van der Waals surface area (Å²) in [6.45, 7) is 4.20. The fourth-order valence-corrected chi connectivity index (χ4v) is 2.27. The molecule has 1 fully saturated rings. The molecule has 2 rings (SSSR count). The summed E-state index contributed by atoms with van der Waals surface area (Å²) in [6, 6.07) is 10.2. The van der Waals surface area contributed by atoms with E-state index >= 15 is 0 Å². The lowest BCUT2D eigenvalue weighted by molar-refractivity contribution is -0.157. The van der Waals surface area contributed by atoms with Crippen molar-refractivity contribution in [3.63, 3.8) is 0 Å². The Labute approximate surface area is 102 Å². The number of esters is 1. The molecule has 1 aliphatic heterocycles. The zero-order valence-electron chi connectivity index (χ0n) is 10.4. The molecule has 0 aromatic heterocycles. The van der Waals surface area contributed by atoms with E-state index in [2.05, 4.69) is 26.0 Å². The van der Waals surface area contributed by atoms with Crippen LogP contribution >= 0.6 is 0 Å². The zero-order chi connectivity index (χ0) is 12.3. The highest BCUT2D eigenvalue weighted by atomic mass is 16.6. The predicted molar refractivity (Wildman–Crippen MR) is 68.1 cm³/mol. The van der Waals surface area contributed by atoms with Gasteiger partial charge in [-0.15, -0.1) is 0 Å². The van der Waals surface area contributed by atoms with Crippen LogP contribution in [0, 0.1) is 5.92 Å². The van der Waals surface area contributed by atoms with Crippen molar-refractivity contribution in [1.29, 1.82) is 0 Å². The van der Waals surface area contributed by atoms with Gasteiger partial charge < -0.3 is 4.74 Å². The molecule has 1 aromatic carbocycles. The third-order valence-corrected chi connectivity index (χ3v) is 3.16. The van der Waals surface area contributed by atoms with Crippen LogP contribution in [-0.2, 0) is 9.53 Å². The highest BCUT2D eigenvalue weighted by Crippen LogP contribution is 2.37. The van der Waals surface area contributed by atoms with E-state index in [-0.39, 0.29) is 11.9 Å². The van der Waals surface area contributed by atoms with Gasteiger partial charge in [-0.1, -0.05) is 50.6 Å². The second-order valence-electron chi connectivity index (χ2n) is 4.32. The molecule has 90 valence electrons. The van der Waals surface area contributed by atoms with Crippen LogP contribution in [0.3, 0.4) is 0 Å². The SMILES string of the molecule is CCCC1C(=O)O/C1=C(/CC)c1ccccc1. The molecule has 1 saturated heterocycles. The molecule has 1 atom stereocenters. The molecule has 0 saturated carbocycles. The number of hydrogen-bond donors (Lipinski definition) is 0. The summed E-state index contributed by atoms with van der Waals surface area (Å²) in [5.74, 6) is 0.824. The van der Waals surface area contributed by atoms with E-state index in [1.165, 1.54) is 11.1 Å². The highest BCUT2D eigenvalue weighted by molar-refractivity contribution is 5.88. The van der Waals surface area contributed by atoms with Crippen LogP contribution in [0.2, 0.25) is 0 Å². The van der Waals surface area contributed by atoms with Gasteiger partial charge in [0.25, 0.3) is 0 Å². The van der Waals surface area contributed by atoms with E-state index in [1.807, 2.05) is 18.2 Å². The first-order valence-electron chi connectivity index (χ1n) is 6.28. The van der Waals surface area contributed by atoms with Crippen molar-refractivity contribution in [2.75, 3.05) is 0 Å². The molecule has 1 aromatic rings. The van der Waals surface area contributed by atoms with Crippen molar-refractivity contribution in [1.82, 2.24) is 0 Å². The van der Waals surface area contributed by atoms with Crippen LogP contribution in [0.4, 0.5) is 0 Å². The molecule has 0 radical (unpaired) electrons. The van der Waals surface area contributed by atoms with E-state index in [0.717, 1.165) is 25.0 Å². The Morgan fingerprint density at radius 2 is 1.94 bits per heavy atom. The monoisotopic (exact) mass is 230 g/mol. The van der Waals surface area contributed by atoms with Crippen LogP contribution in [0.15, 0.2) is 36.1 Å². The molecule has 1 unspecified atom stereocenters. The number of hydrogen-bond acceptors (Lipinski definition) is 2. The molecule has 0 aliphatic carbocycles. The third kappa shape index (κ3) is 2.26. The van der Waals surface area contributed by atoms with E-state index in [4.69, 9.17) is 4.74 Å². The van der Waals surface area contributed by atoms with Gasteiger partial charge in [-0.25, -0.2) is 0 Å². The lowest BCUT2D eigenvalue weighted by Crippen LogP contribution is -2.33. The second kappa shape index (κ2) is 5.17. The third-order valence-electron chi connectivity index (χ3n) is 3.16. The van der Waals surface area contributed by atoms with E-state index in [9.17, 15) is 4.79 Å². The minimum Gasteiger partial charge on any atom is -0.429 e. The number of ether oxygens (including phenoxy) is 1. The van der Waals surface area contributed by atoms with Gasteiger partial charge in [0.1, 0.15) is 11.7 Å². The number of carbonyl (C=O) groups is 1. The van der Waals surface area contributed by atoms with Crippen LogP contribution in [0.1, 0.15) is 38.7 Å². The highest BCUT2D eigenvalue weighted by Gasteiger charge is 2.38. The molecule has 17 heavy (non-hydrogen) atoms. The van der Waals surface area contributed by atoms with Gasteiger partial charge in [0.15, 0.2) is 0 Å². The molecule has 2 heteroatoms. The van der Waals surface area contributed by atoms with Crippen LogP contribution in [0.5, 0.6) is 0 Å². The lowest BCUT2D eigenvalue weighted by atomic mass is 9.89. The zero-order valence-corrected chi connectivity index (χ0v) is 10.4. The molecule has 0 amide bonds. The summed E-state index contributed by atoms with van der Waals surface area (Å²) in [6.07, 6.45) is 2.80. The van der Waals surface area contributed by atoms with Gasteiger partial charge in [0.05, 0.1) is 0 Å². The number of carbonyl (C=O) groups excluding carboxylic acids is 1. The van der Waals surface area contributed by atoms with Gasteiger partial charge in [0, 0.05) is 0 Å². The van der Waals surface area contributed by atoms with Gasteiger partial charge in [0.2, 0.25) is 0 Å². The molecule has 0 bridgehead atoms. The average molecular weight is 230 g/mol. The quantitative estimate of drug-likeness (QED) is 0.736. The normalized spacial score (nSPS) is 21.8. The first kappa shape index (κ1) is 11.9. The summed E-state index contributed by atoms with van der Waals surface area (Å²) in [5.41, 5.74) is 2.34. The summed E-state index contributed by atoms with van der Waals surface area (Å²) in [5, 5.41) is 0. The molecular weight excluding hydrogens is 212 g/mol. The Morgan fingerprint density at radius 3 is 2.47 bits per heavy atom. The number of benzene rings is 1. The average Bonchev–Trinajstić information content (AvgIpc) is 2.37. The maximum Gasteiger partial charge on any atom is 0.321 e. The van der Waals surface area contributed by atoms with E-state index in [0.29, 0.717) is 0 Å². The van der Waals surface area contributed by atoms with E-state index < -0.39 is 0 Å². The fraction of sp³-hybridized carbons (Fsp3) is 0.400. The Hall–Kier alpha value is -1.57. The Morgan fingerprint density at radius 1 is 1.24 bits per heavy atom. The predicted octanol–water partition coefficient (Wildman–Crippen LogP) is 3.78. The number of allylic oxidation sites excluding steroid dienone is 1. The maximum absolute atomic E-state index is 11.4. The Kier molecular flexibility index (Phi) is 3.62. The van der Waals surface area contributed by atoms with Gasteiger partial charge in [-0.05, 0) is 24.0 Å². The van der Waals surface area contributed by atoms with E-state index in [1.54, 1.807) is 0 Å². The molecule has 1 aliphatic rings. The first-order valence-corrected chi connectivity index (χ1v) is 6.28. The summed E-state index contributed by atoms with van der Waals surface area (Å²) < 4.78 is 5.25. The standard InChI is InChI=1S/C15H18O2/c1-3-8-13-14(17-15(13)16)12(4-2)11-9-6-5-7-10-11/h5-7,9-10,13H,3-4,8H2,1-2H3/b14-12-. The molecule has 0 spiro atoms. The van der Waals surface area contributed by atoms with Crippen molar-refractivity contribution < 1.29 is 9.53 Å². The second-order valence-corrected chi connectivity index (χ2v) is 4.32. The maximum atomic E-state index is 11.4. The topological polar surface area (TPSA) is 26.3 Å². The molecule has 0 N–H and O–H groups in total. The van der Waals surface area contributed by atoms with Crippen LogP contribution in [0.25, 0.3) is 5.57 Å². The van der Waals surface area contributed by atoms with Crippen molar-refractivity contribution in [2.24, 2.45) is 5.92 Å². The van der Waals surface area contributed by atoms with Crippen LogP contribution < -0.4 is 0 Å². The molecule has 2 nitrogen and oxygen atoms in total. The number of rotatable bonds is 4. The fourth-order valence-electron chi connectivity index (χ4n) is 2.27. The Bertz CT molecular complexity index is 431. The minimum atomic E-state index is -0.0660. The Balaban J connectivity index is 2.32. The van der Waals surface area contributed by atoms with Gasteiger partial charge >= 0.3 is 5.97 Å². The molecule has 1 heterocycles. The van der Waals surface area contributed by atoms with Crippen molar-refractivity contribution in [3.05, 3.63) is 41.7 Å². The summed E-state index contributed by atoms with van der Waals surface area (Å²) >= 11 is 0. The van der Waals surface area contributed by atoms with Gasteiger partial charge in [-0.3, -0.25) is 4.79 Å².